The van der Waals surface area contributed by atoms with E-state index < -0.39 is 12.1 Å². The Kier molecular flexibility index (Phi) is 5.69. The number of aromatic amines is 1. The number of halogens is 1. The summed E-state index contributed by atoms with van der Waals surface area (Å²) >= 11 is 6.36. The molecule has 1 N–H and O–H groups in total. The molecule has 0 aliphatic carbocycles. The van der Waals surface area contributed by atoms with Crippen LogP contribution < -0.4 is 4.74 Å². The smallest absolute Gasteiger partial charge is 0.246 e. The van der Waals surface area contributed by atoms with Gasteiger partial charge in [-0.05, 0) is 53.4 Å². The molecule has 2 amide bonds. The van der Waals surface area contributed by atoms with E-state index in [2.05, 4.69) is 11.1 Å². The molecule has 1 aromatic heterocycles. The van der Waals surface area contributed by atoms with Crippen LogP contribution in [0.15, 0.2) is 72.8 Å². The molecular formula is C29H26ClN3O3. The number of hydrogen-bond donors (Lipinski definition) is 1. The van der Waals surface area contributed by atoms with Crippen LogP contribution >= 0.6 is 11.6 Å². The van der Waals surface area contributed by atoms with Gasteiger partial charge in [-0.3, -0.25) is 9.59 Å². The average molecular weight is 500 g/mol. The van der Waals surface area contributed by atoms with Crippen LogP contribution in [0, 0.1) is 0 Å². The lowest BCUT2D eigenvalue weighted by Gasteiger charge is -2.47. The summed E-state index contributed by atoms with van der Waals surface area (Å²) in [5.41, 5.74) is 5.05. The van der Waals surface area contributed by atoms with Crippen LogP contribution in [0.3, 0.4) is 0 Å². The summed E-state index contributed by atoms with van der Waals surface area (Å²) in [6, 6.07) is 22.5. The summed E-state index contributed by atoms with van der Waals surface area (Å²) < 4.78 is 5.23. The Morgan fingerprint density at radius 3 is 2.61 bits per heavy atom. The summed E-state index contributed by atoms with van der Waals surface area (Å²) in [5.74, 6) is 0.733. The van der Waals surface area contributed by atoms with Crippen LogP contribution in [0.25, 0.3) is 10.9 Å². The van der Waals surface area contributed by atoms with Crippen LogP contribution in [0.4, 0.5) is 0 Å². The molecule has 7 heteroatoms. The minimum atomic E-state index is -0.558. The van der Waals surface area contributed by atoms with E-state index in [1.807, 2.05) is 66.7 Å². The monoisotopic (exact) mass is 499 g/mol. The van der Waals surface area contributed by atoms with Gasteiger partial charge in [0.05, 0.1) is 19.7 Å². The predicted octanol–water partition coefficient (Wildman–Crippen LogP) is 4.76. The fourth-order valence-corrected chi connectivity index (χ4v) is 5.79. The second kappa shape index (κ2) is 9.03. The predicted molar refractivity (Wildman–Crippen MR) is 139 cm³/mol. The van der Waals surface area contributed by atoms with Crippen molar-refractivity contribution in [2.24, 2.45) is 0 Å². The number of carbonyl (C=O) groups is 2. The Labute approximate surface area is 214 Å². The van der Waals surface area contributed by atoms with Gasteiger partial charge in [0.15, 0.2) is 0 Å². The lowest BCUT2D eigenvalue weighted by Crippen LogP contribution is -2.63. The van der Waals surface area contributed by atoms with Crippen molar-refractivity contribution in [3.63, 3.8) is 0 Å². The van der Waals surface area contributed by atoms with Crippen LogP contribution in [0.2, 0.25) is 5.02 Å². The normalized spacial score (nSPS) is 19.4. The maximum absolute atomic E-state index is 13.8. The van der Waals surface area contributed by atoms with Gasteiger partial charge in [0, 0.05) is 34.6 Å². The largest absolute Gasteiger partial charge is 0.497 e. The number of hydrogen-bond acceptors (Lipinski definition) is 3. The van der Waals surface area contributed by atoms with E-state index in [0.29, 0.717) is 24.4 Å². The molecule has 36 heavy (non-hydrogen) atoms. The van der Waals surface area contributed by atoms with Crippen LogP contribution in [0.1, 0.15) is 28.4 Å². The second-order valence-corrected chi connectivity index (χ2v) is 9.84. The highest BCUT2D eigenvalue weighted by Crippen LogP contribution is 2.42. The summed E-state index contributed by atoms with van der Waals surface area (Å²) in [4.78, 5) is 34.5. The van der Waals surface area contributed by atoms with Gasteiger partial charge in [-0.25, -0.2) is 0 Å². The van der Waals surface area contributed by atoms with Crippen LogP contribution in [0.5, 0.6) is 5.75 Å². The molecule has 4 aromatic rings. The first kappa shape index (κ1) is 22.7. The highest BCUT2D eigenvalue weighted by atomic mass is 35.5. The van der Waals surface area contributed by atoms with E-state index in [9.17, 15) is 9.59 Å². The Hall–Kier alpha value is -3.77. The number of ether oxygens (including phenoxy) is 1. The van der Waals surface area contributed by atoms with Crippen molar-refractivity contribution in [1.29, 1.82) is 0 Å². The van der Waals surface area contributed by atoms with Gasteiger partial charge < -0.3 is 19.5 Å². The zero-order valence-electron chi connectivity index (χ0n) is 19.9. The molecule has 0 saturated carbocycles. The third-order valence-electron chi connectivity index (χ3n) is 7.34. The molecule has 3 heterocycles. The number of carbonyl (C=O) groups excluding carboxylic acids is 2. The first-order valence-electron chi connectivity index (χ1n) is 12.1. The molecule has 6 rings (SSSR count). The van der Waals surface area contributed by atoms with Gasteiger partial charge in [-0.15, -0.1) is 0 Å². The van der Waals surface area contributed by atoms with Crippen LogP contribution in [-0.2, 0) is 22.4 Å². The van der Waals surface area contributed by atoms with Gasteiger partial charge in [0.2, 0.25) is 11.8 Å². The second-order valence-electron chi connectivity index (χ2n) is 9.40. The molecule has 1 saturated heterocycles. The van der Waals surface area contributed by atoms with E-state index in [1.54, 1.807) is 16.9 Å². The number of benzene rings is 3. The van der Waals surface area contributed by atoms with E-state index in [1.165, 1.54) is 0 Å². The van der Waals surface area contributed by atoms with E-state index in [0.717, 1.165) is 39.0 Å². The number of H-pyrrole nitrogens is 1. The SMILES string of the molecule is COc1ccc(CCN2CC(=O)N3[C@H](c4cccc(Cl)c4)c4[nH]c5ccccc5c4C[C@H]3C2=O)cc1. The molecule has 2 aliphatic rings. The van der Waals surface area contributed by atoms with Gasteiger partial charge >= 0.3 is 0 Å². The summed E-state index contributed by atoms with van der Waals surface area (Å²) in [7, 11) is 1.64. The maximum atomic E-state index is 13.8. The highest BCUT2D eigenvalue weighted by Gasteiger charge is 2.48. The highest BCUT2D eigenvalue weighted by molar-refractivity contribution is 6.30. The number of piperazine rings is 1. The van der Waals surface area contributed by atoms with Crippen molar-refractivity contribution in [2.45, 2.75) is 24.9 Å². The fourth-order valence-electron chi connectivity index (χ4n) is 5.59. The van der Waals surface area contributed by atoms with E-state index in [4.69, 9.17) is 16.3 Å². The molecule has 182 valence electrons. The lowest BCUT2D eigenvalue weighted by atomic mass is 9.86. The number of rotatable bonds is 5. The minimum absolute atomic E-state index is 0.00827. The standard InChI is InChI=1S/C29H26ClN3O3/c1-36-21-11-9-18(10-12-21)13-14-32-17-26(34)33-25(29(32)35)16-23-22-7-2-3-8-24(22)31-27(23)28(33)19-5-4-6-20(30)15-19/h2-12,15,25,28,31H,13-14,16-17H2,1H3/t25-,28+/m0/s1. The molecule has 0 spiro atoms. The molecule has 3 aromatic carbocycles. The molecule has 0 radical (unpaired) electrons. The molecule has 0 bridgehead atoms. The van der Waals surface area contributed by atoms with Crippen molar-refractivity contribution in [3.05, 3.63) is 100 Å². The van der Waals surface area contributed by atoms with Crippen LogP contribution in [-0.4, -0.2) is 52.8 Å². The third kappa shape index (κ3) is 3.82. The number of amides is 2. The number of fused-ring (bicyclic) bond motifs is 4. The van der Waals surface area contributed by atoms with Crippen molar-refractivity contribution in [2.75, 3.05) is 20.2 Å². The lowest BCUT2D eigenvalue weighted by molar-refractivity contribution is -0.158. The molecule has 6 nitrogen and oxygen atoms in total. The topological polar surface area (TPSA) is 65.6 Å². The van der Waals surface area contributed by atoms with Crippen molar-refractivity contribution < 1.29 is 14.3 Å². The number of para-hydroxylation sites is 1. The fraction of sp³-hybridized carbons (Fsp3) is 0.241. The zero-order chi connectivity index (χ0) is 24.8. The number of aromatic nitrogens is 1. The third-order valence-corrected chi connectivity index (χ3v) is 7.57. The number of methoxy groups -OCH3 is 1. The number of nitrogens with zero attached hydrogens (tertiary/aromatic N) is 2. The first-order valence-corrected chi connectivity index (χ1v) is 12.5. The molecule has 2 atom stereocenters. The van der Waals surface area contributed by atoms with Crippen molar-refractivity contribution in [1.82, 2.24) is 14.8 Å². The molecule has 1 fully saturated rings. The van der Waals surface area contributed by atoms with Gasteiger partial charge in [0.25, 0.3) is 0 Å². The van der Waals surface area contributed by atoms with E-state index >= 15 is 0 Å². The first-order chi connectivity index (χ1) is 17.5. The quantitative estimate of drug-likeness (QED) is 0.430. The summed E-state index contributed by atoms with van der Waals surface area (Å²) in [6.45, 7) is 0.557. The number of nitrogens with one attached hydrogen (secondary N) is 1. The Morgan fingerprint density at radius 1 is 1.03 bits per heavy atom. The van der Waals surface area contributed by atoms with Gasteiger partial charge in [0.1, 0.15) is 11.8 Å². The maximum Gasteiger partial charge on any atom is 0.246 e. The molecule has 0 unspecified atom stereocenters. The summed E-state index contributed by atoms with van der Waals surface area (Å²) in [5, 5.41) is 1.69. The van der Waals surface area contributed by atoms with Gasteiger partial charge in [-0.1, -0.05) is 54.1 Å². The Balaban J connectivity index is 1.36. The minimum Gasteiger partial charge on any atom is -0.497 e. The van der Waals surface area contributed by atoms with E-state index in [-0.39, 0.29) is 18.4 Å². The molecular weight excluding hydrogens is 474 g/mol. The zero-order valence-corrected chi connectivity index (χ0v) is 20.7. The van der Waals surface area contributed by atoms with Crippen molar-refractivity contribution in [3.8, 4) is 5.75 Å². The molecule has 2 aliphatic heterocycles. The Bertz CT molecular complexity index is 1460. The average Bonchev–Trinajstić information content (AvgIpc) is 3.27. The summed E-state index contributed by atoms with van der Waals surface area (Å²) in [6.07, 6.45) is 1.16. The van der Waals surface area contributed by atoms with Gasteiger partial charge in [-0.2, -0.15) is 0 Å². The Morgan fingerprint density at radius 2 is 1.83 bits per heavy atom. The van der Waals surface area contributed by atoms with Crippen molar-refractivity contribution >= 4 is 34.3 Å².